The molecule has 2 heterocycles. The molecule has 1 aliphatic heterocycles. The van der Waals surface area contributed by atoms with E-state index in [4.69, 9.17) is 30.2 Å². The molecule has 11 heteroatoms. The summed E-state index contributed by atoms with van der Waals surface area (Å²) >= 11 is 6.22. The lowest BCUT2D eigenvalue weighted by molar-refractivity contribution is -0.123. The fourth-order valence-corrected chi connectivity index (χ4v) is 3.79. The second-order valence-electron chi connectivity index (χ2n) is 7.77. The Labute approximate surface area is 217 Å². The predicted molar refractivity (Wildman–Crippen MR) is 132 cm³/mol. The van der Waals surface area contributed by atoms with Gasteiger partial charge in [-0.05, 0) is 42.0 Å². The molecular weight excluding hydrogens is 504 g/mol. The summed E-state index contributed by atoms with van der Waals surface area (Å²) in [6.45, 7) is 0.0151. The zero-order chi connectivity index (χ0) is 26.5. The van der Waals surface area contributed by atoms with E-state index in [-0.39, 0.29) is 30.4 Å². The number of carbonyl (C=O) groups is 3. The van der Waals surface area contributed by atoms with Crippen molar-refractivity contribution in [3.05, 3.63) is 81.9 Å². The normalized spacial score (nSPS) is 14.1. The Morgan fingerprint density at radius 2 is 1.76 bits per heavy atom. The maximum atomic E-state index is 12.9. The number of urea groups is 1. The number of amides is 3. The van der Waals surface area contributed by atoms with Crippen molar-refractivity contribution in [3.8, 4) is 17.2 Å². The van der Waals surface area contributed by atoms with Crippen molar-refractivity contribution in [2.75, 3.05) is 21.3 Å². The molecule has 192 valence electrons. The molecule has 3 aromatic rings. The molecule has 0 bridgehead atoms. The van der Waals surface area contributed by atoms with Crippen molar-refractivity contribution in [1.29, 1.82) is 0 Å². The summed E-state index contributed by atoms with van der Waals surface area (Å²) in [6.07, 6.45) is 1.49. The van der Waals surface area contributed by atoms with E-state index in [0.29, 0.717) is 27.8 Å². The third-order valence-corrected chi connectivity index (χ3v) is 5.82. The van der Waals surface area contributed by atoms with Crippen molar-refractivity contribution in [2.24, 2.45) is 0 Å². The number of hydrogen-bond acceptors (Lipinski definition) is 8. The Balaban J connectivity index is 1.55. The van der Waals surface area contributed by atoms with Gasteiger partial charge in [0.1, 0.15) is 18.1 Å². The summed E-state index contributed by atoms with van der Waals surface area (Å²) < 4.78 is 26.9. The summed E-state index contributed by atoms with van der Waals surface area (Å²) in [5.74, 6) is 0.0550. The van der Waals surface area contributed by atoms with E-state index in [9.17, 15) is 14.4 Å². The lowest BCUT2D eigenvalue weighted by Gasteiger charge is -2.16. The number of ether oxygens (including phenoxy) is 4. The highest BCUT2D eigenvalue weighted by atomic mass is 35.5. The van der Waals surface area contributed by atoms with Gasteiger partial charge in [-0.2, -0.15) is 0 Å². The van der Waals surface area contributed by atoms with Crippen LogP contribution in [0.5, 0.6) is 17.2 Å². The average molecular weight is 527 g/mol. The summed E-state index contributed by atoms with van der Waals surface area (Å²) in [4.78, 5) is 37.9. The monoisotopic (exact) mass is 526 g/mol. The highest BCUT2D eigenvalue weighted by Crippen LogP contribution is 2.40. The number of methoxy groups -OCH3 is 3. The van der Waals surface area contributed by atoms with Gasteiger partial charge >= 0.3 is 12.0 Å². The molecule has 3 amide bonds. The maximum Gasteiger partial charge on any atom is 0.373 e. The average Bonchev–Trinajstić information content (AvgIpc) is 3.48. The SMILES string of the molecule is COC(=O)c1ccc(CN2C(=O)N/C(=C\c3cc(OC)c(OCc4ccccc4Cl)c(OC)c3)C2=O)o1. The predicted octanol–water partition coefficient (Wildman–Crippen LogP) is 4.41. The van der Waals surface area contributed by atoms with Gasteiger partial charge in [0.25, 0.3) is 5.91 Å². The van der Waals surface area contributed by atoms with Crippen LogP contribution in [0, 0.1) is 0 Å². The van der Waals surface area contributed by atoms with Crippen molar-refractivity contribution in [3.63, 3.8) is 0 Å². The number of imide groups is 1. The van der Waals surface area contributed by atoms with Crippen molar-refractivity contribution >= 4 is 35.6 Å². The van der Waals surface area contributed by atoms with Gasteiger partial charge in [-0.25, -0.2) is 9.59 Å². The van der Waals surface area contributed by atoms with E-state index in [0.717, 1.165) is 10.5 Å². The first kappa shape index (κ1) is 25.6. The minimum atomic E-state index is -0.661. The molecule has 0 unspecified atom stereocenters. The molecule has 10 nitrogen and oxygen atoms in total. The molecule has 0 spiro atoms. The zero-order valence-electron chi connectivity index (χ0n) is 20.2. The third-order valence-electron chi connectivity index (χ3n) is 5.45. The van der Waals surface area contributed by atoms with Gasteiger partial charge in [-0.1, -0.05) is 29.8 Å². The van der Waals surface area contributed by atoms with Crippen LogP contribution in [0.15, 0.2) is 58.6 Å². The number of furan rings is 1. The number of rotatable bonds is 9. The van der Waals surface area contributed by atoms with E-state index >= 15 is 0 Å². The van der Waals surface area contributed by atoms with Gasteiger partial charge in [0.15, 0.2) is 11.5 Å². The summed E-state index contributed by atoms with van der Waals surface area (Å²) in [7, 11) is 4.18. The van der Waals surface area contributed by atoms with Crippen LogP contribution in [0.3, 0.4) is 0 Å². The first-order chi connectivity index (χ1) is 17.8. The van der Waals surface area contributed by atoms with Crippen LogP contribution in [-0.4, -0.2) is 44.1 Å². The van der Waals surface area contributed by atoms with Crippen LogP contribution in [0.1, 0.15) is 27.4 Å². The molecule has 1 saturated heterocycles. The number of nitrogens with one attached hydrogen (secondary N) is 1. The Bertz CT molecular complexity index is 1360. The largest absolute Gasteiger partial charge is 0.493 e. The standard InChI is InChI=1S/C26H23ClN2O8/c1-33-21-11-15(12-22(34-2)23(21)36-14-16-6-4-5-7-18(16)27)10-19-24(30)29(26(32)28-19)13-17-8-9-20(37-17)25(31)35-3/h4-12H,13-14H2,1-3H3,(H,28,32)/b19-10-. The fourth-order valence-electron chi connectivity index (χ4n) is 3.60. The minimum absolute atomic E-state index is 0.0312. The number of nitrogens with zero attached hydrogens (tertiary/aromatic N) is 1. The second kappa shape index (κ2) is 11.1. The Morgan fingerprint density at radius 1 is 1.05 bits per heavy atom. The zero-order valence-corrected chi connectivity index (χ0v) is 21.0. The van der Waals surface area contributed by atoms with Gasteiger partial charge in [0, 0.05) is 10.6 Å². The third kappa shape index (κ3) is 5.54. The molecular formula is C26H23ClN2O8. The van der Waals surface area contributed by atoms with E-state index in [1.165, 1.54) is 39.5 Å². The maximum absolute atomic E-state index is 12.9. The first-order valence-corrected chi connectivity index (χ1v) is 11.4. The lowest BCUT2D eigenvalue weighted by Crippen LogP contribution is -2.30. The van der Waals surface area contributed by atoms with Crippen LogP contribution < -0.4 is 19.5 Å². The van der Waals surface area contributed by atoms with Gasteiger partial charge in [0.2, 0.25) is 11.5 Å². The van der Waals surface area contributed by atoms with Crippen LogP contribution >= 0.6 is 11.6 Å². The summed E-state index contributed by atoms with van der Waals surface area (Å²) in [5.41, 5.74) is 1.35. The van der Waals surface area contributed by atoms with Gasteiger partial charge in [-0.3, -0.25) is 9.69 Å². The number of carbonyl (C=O) groups excluding carboxylic acids is 3. The van der Waals surface area contributed by atoms with Crippen LogP contribution in [0.4, 0.5) is 4.79 Å². The van der Waals surface area contributed by atoms with Crippen molar-refractivity contribution < 1.29 is 37.7 Å². The van der Waals surface area contributed by atoms with Crippen LogP contribution in [0.2, 0.25) is 5.02 Å². The molecule has 1 fully saturated rings. The van der Waals surface area contributed by atoms with Crippen LogP contribution in [-0.2, 0) is 22.7 Å². The fraction of sp³-hybridized carbons (Fsp3) is 0.192. The summed E-state index contributed by atoms with van der Waals surface area (Å²) in [5, 5.41) is 3.11. The number of hydrogen-bond donors (Lipinski definition) is 1. The molecule has 1 N–H and O–H groups in total. The van der Waals surface area contributed by atoms with Gasteiger partial charge in [-0.15, -0.1) is 0 Å². The Hall–Kier alpha value is -4.44. The number of halogens is 1. The van der Waals surface area contributed by atoms with Crippen LogP contribution in [0.25, 0.3) is 6.08 Å². The second-order valence-corrected chi connectivity index (χ2v) is 8.18. The van der Waals surface area contributed by atoms with E-state index < -0.39 is 17.9 Å². The molecule has 0 saturated carbocycles. The highest BCUT2D eigenvalue weighted by molar-refractivity contribution is 6.31. The molecule has 4 rings (SSSR count). The van der Waals surface area contributed by atoms with Crippen molar-refractivity contribution in [2.45, 2.75) is 13.2 Å². The van der Waals surface area contributed by atoms with E-state index in [1.54, 1.807) is 18.2 Å². The van der Waals surface area contributed by atoms with E-state index in [1.807, 2.05) is 18.2 Å². The Morgan fingerprint density at radius 3 is 2.41 bits per heavy atom. The van der Waals surface area contributed by atoms with Gasteiger partial charge < -0.3 is 28.7 Å². The van der Waals surface area contributed by atoms with E-state index in [2.05, 4.69) is 10.1 Å². The quantitative estimate of drug-likeness (QED) is 0.247. The molecule has 37 heavy (non-hydrogen) atoms. The molecule has 1 aromatic heterocycles. The molecule has 1 aliphatic rings. The number of benzene rings is 2. The first-order valence-electron chi connectivity index (χ1n) is 11.0. The minimum Gasteiger partial charge on any atom is -0.493 e. The molecule has 2 aromatic carbocycles. The smallest absolute Gasteiger partial charge is 0.373 e. The molecule has 0 aliphatic carbocycles. The molecule has 0 radical (unpaired) electrons. The Kier molecular flexibility index (Phi) is 7.69. The number of esters is 1. The molecule has 0 atom stereocenters. The van der Waals surface area contributed by atoms with Crippen molar-refractivity contribution in [1.82, 2.24) is 10.2 Å². The lowest BCUT2D eigenvalue weighted by atomic mass is 10.1. The summed E-state index contributed by atoms with van der Waals surface area (Å²) in [6, 6.07) is 12.9. The van der Waals surface area contributed by atoms with Gasteiger partial charge in [0.05, 0.1) is 27.9 Å². The topological polar surface area (TPSA) is 117 Å². The highest BCUT2D eigenvalue weighted by Gasteiger charge is 2.34.